The molecule has 2 N–H and O–H groups in total. The van der Waals surface area contributed by atoms with Crippen LogP contribution in [-0.2, 0) is 4.79 Å². The van der Waals surface area contributed by atoms with Crippen molar-refractivity contribution in [2.75, 3.05) is 11.9 Å². The number of carbonyl (C=O) groups excluding carboxylic acids is 2. The van der Waals surface area contributed by atoms with Gasteiger partial charge in [0.1, 0.15) is 0 Å². The summed E-state index contributed by atoms with van der Waals surface area (Å²) in [7, 11) is 0. The van der Waals surface area contributed by atoms with E-state index in [0.717, 1.165) is 11.3 Å². The fourth-order valence-corrected chi connectivity index (χ4v) is 2.82. The van der Waals surface area contributed by atoms with Crippen molar-refractivity contribution in [1.82, 2.24) is 10.3 Å². The molecule has 0 fully saturated rings. The normalized spacial score (nSPS) is 10.2. The average Bonchev–Trinajstić information content (AvgIpc) is 3.09. The number of hydrogen-bond acceptors (Lipinski definition) is 4. The monoisotopic (exact) mass is 337 g/mol. The first-order valence-corrected chi connectivity index (χ1v) is 8.24. The van der Waals surface area contributed by atoms with Gasteiger partial charge < -0.3 is 10.6 Å². The largest absolute Gasteiger partial charge is 0.343 e. The van der Waals surface area contributed by atoms with Crippen LogP contribution in [0.3, 0.4) is 0 Å². The summed E-state index contributed by atoms with van der Waals surface area (Å²) in [5.41, 5.74) is 2.32. The first-order valence-electron chi connectivity index (χ1n) is 7.36. The zero-order valence-electron chi connectivity index (χ0n) is 12.7. The molecule has 0 unspecified atom stereocenters. The lowest BCUT2D eigenvalue weighted by molar-refractivity contribution is -0.115. The maximum absolute atomic E-state index is 11.9. The number of amides is 2. The van der Waals surface area contributed by atoms with Crippen LogP contribution in [-0.4, -0.2) is 23.3 Å². The molecule has 3 aromatic rings. The summed E-state index contributed by atoms with van der Waals surface area (Å²) in [4.78, 5) is 28.2. The van der Waals surface area contributed by atoms with E-state index in [0.29, 0.717) is 10.7 Å². The highest BCUT2D eigenvalue weighted by Crippen LogP contribution is 2.24. The van der Waals surface area contributed by atoms with Crippen molar-refractivity contribution in [3.05, 3.63) is 71.6 Å². The first-order chi connectivity index (χ1) is 11.7. The van der Waals surface area contributed by atoms with Crippen LogP contribution >= 0.6 is 11.3 Å². The molecule has 5 nitrogen and oxygen atoms in total. The van der Waals surface area contributed by atoms with E-state index in [-0.39, 0.29) is 18.4 Å². The van der Waals surface area contributed by atoms with Crippen LogP contribution in [0.5, 0.6) is 0 Å². The SMILES string of the molecule is O=C(CNC(=O)c1ccccc1)Nc1nc(-c2ccccc2)cs1. The molecule has 0 saturated carbocycles. The van der Waals surface area contributed by atoms with E-state index in [1.807, 2.05) is 41.8 Å². The standard InChI is InChI=1S/C18H15N3O2S/c22-16(11-19-17(23)14-9-5-2-6-10-14)21-18-20-15(12-24-18)13-7-3-1-4-8-13/h1-10,12H,11H2,(H,19,23)(H,20,21,22). The maximum Gasteiger partial charge on any atom is 0.251 e. The lowest BCUT2D eigenvalue weighted by Crippen LogP contribution is -2.32. The molecule has 0 aliphatic rings. The molecular weight excluding hydrogens is 322 g/mol. The van der Waals surface area contributed by atoms with Gasteiger partial charge in [0.2, 0.25) is 5.91 Å². The van der Waals surface area contributed by atoms with Crippen molar-refractivity contribution in [2.24, 2.45) is 0 Å². The van der Waals surface area contributed by atoms with Crippen LogP contribution in [0.15, 0.2) is 66.0 Å². The molecule has 24 heavy (non-hydrogen) atoms. The van der Waals surface area contributed by atoms with Gasteiger partial charge in [-0.3, -0.25) is 9.59 Å². The summed E-state index contributed by atoms with van der Waals surface area (Å²) in [6.07, 6.45) is 0. The van der Waals surface area contributed by atoms with Gasteiger partial charge >= 0.3 is 0 Å². The Balaban J connectivity index is 1.54. The van der Waals surface area contributed by atoms with E-state index >= 15 is 0 Å². The summed E-state index contributed by atoms with van der Waals surface area (Å²) >= 11 is 1.35. The Morgan fingerprint density at radius 3 is 2.33 bits per heavy atom. The topological polar surface area (TPSA) is 71.1 Å². The minimum Gasteiger partial charge on any atom is -0.343 e. The molecule has 0 saturated heterocycles. The predicted molar refractivity (Wildman–Crippen MR) is 95.0 cm³/mol. The third kappa shape index (κ3) is 4.05. The third-order valence-corrected chi connectivity index (χ3v) is 4.02. The molecule has 120 valence electrons. The van der Waals surface area contributed by atoms with Gasteiger partial charge in [-0.2, -0.15) is 0 Å². The van der Waals surface area contributed by atoms with Gasteiger partial charge in [0.25, 0.3) is 5.91 Å². The van der Waals surface area contributed by atoms with Gasteiger partial charge in [0, 0.05) is 16.5 Å². The molecule has 0 atom stereocenters. The Hall–Kier alpha value is -2.99. The fraction of sp³-hybridized carbons (Fsp3) is 0.0556. The molecule has 2 amide bonds. The van der Waals surface area contributed by atoms with Gasteiger partial charge in [-0.05, 0) is 12.1 Å². The highest BCUT2D eigenvalue weighted by molar-refractivity contribution is 7.14. The molecule has 0 bridgehead atoms. The summed E-state index contributed by atoms with van der Waals surface area (Å²) in [6.45, 7) is -0.103. The van der Waals surface area contributed by atoms with Crippen LogP contribution in [0.4, 0.5) is 5.13 Å². The quantitative estimate of drug-likeness (QED) is 0.751. The zero-order valence-corrected chi connectivity index (χ0v) is 13.5. The second kappa shape index (κ2) is 7.52. The molecule has 3 rings (SSSR count). The van der Waals surface area contributed by atoms with Crippen molar-refractivity contribution in [3.63, 3.8) is 0 Å². The summed E-state index contributed by atoms with van der Waals surface area (Å²) in [5, 5.41) is 7.67. The van der Waals surface area contributed by atoms with Gasteiger partial charge in [-0.15, -0.1) is 11.3 Å². The first kappa shape index (κ1) is 15.9. The molecular formula is C18H15N3O2S. The van der Waals surface area contributed by atoms with E-state index in [4.69, 9.17) is 0 Å². The predicted octanol–water partition coefficient (Wildman–Crippen LogP) is 3.18. The van der Waals surface area contributed by atoms with Crippen molar-refractivity contribution >= 4 is 28.3 Å². The van der Waals surface area contributed by atoms with Crippen LogP contribution in [0, 0.1) is 0 Å². The van der Waals surface area contributed by atoms with E-state index in [1.165, 1.54) is 11.3 Å². The number of aromatic nitrogens is 1. The van der Waals surface area contributed by atoms with E-state index in [9.17, 15) is 9.59 Å². The van der Waals surface area contributed by atoms with E-state index < -0.39 is 0 Å². The van der Waals surface area contributed by atoms with E-state index in [2.05, 4.69) is 15.6 Å². The summed E-state index contributed by atoms with van der Waals surface area (Å²) in [5.74, 6) is -0.594. The van der Waals surface area contributed by atoms with Gasteiger partial charge in [0.05, 0.1) is 12.2 Å². The molecule has 0 spiro atoms. The molecule has 0 aliphatic heterocycles. The van der Waals surface area contributed by atoms with Gasteiger partial charge in [-0.1, -0.05) is 48.5 Å². The number of nitrogens with one attached hydrogen (secondary N) is 2. The Labute approximate surface area is 143 Å². The molecule has 1 aromatic heterocycles. The van der Waals surface area contributed by atoms with Crippen molar-refractivity contribution in [1.29, 1.82) is 0 Å². The highest BCUT2D eigenvalue weighted by atomic mass is 32.1. The van der Waals surface area contributed by atoms with Crippen LogP contribution in [0.25, 0.3) is 11.3 Å². The number of hydrogen-bond donors (Lipinski definition) is 2. The molecule has 0 aliphatic carbocycles. The summed E-state index contributed by atoms with van der Waals surface area (Å²) in [6, 6.07) is 18.5. The third-order valence-electron chi connectivity index (χ3n) is 3.27. The smallest absolute Gasteiger partial charge is 0.251 e. The lowest BCUT2D eigenvalue weighted by Gasteiger charge is -2.05. The Bertz CT molecular complexity index is 832. The Kier molecular flexibility index (Phi) is 4.98. The second-order valence-corrected chi connectivity index (χ2v) is 5.86. The average molecular weight is 337 g/mol. The number of thiazole rings is 1. The van der Waals surface area contributed by atoms with E-state index in [1.54, 1.807) is 24.3 Å². The second-order valence-electron chi connectivity index (χ2n) is 5.00. The zero-order chi connectivity index (χ0) is 16.8. The molecule has 2 aromatic carbocycles. The Morgan fingerprint density at radius 2 is 1.62 bits per heavy atom. The minimum atomic E-state index is -0.312. The summed E-state index contributed by atoms with van der Waals surface area (Å²) < 4.78 is 0. The van der Waals surface area contributed by atoms with Crippen LogP contribution in [0.2, 0.25) is 0 Å². The Morgan fingerprint density at radius 1 is 0.958 bits per heavy atom. The number of benzene rings is 2. The number of anilines is 1. The van der Waals surface area contributed by atoms with Crippen molar-refractivity contribution < 1.29 is 9.59 Å². The molecule has 6 heteroatoms. The lowest BCUT2D eigenvalue weighted by atomic mass is 10.2. The minimum absolute atomic E-state index is 0.103. The van der Waals surface area contributed by atoms with Gasteiger partial charge in [-0.25, -0.2) is 4.98 Å². The maximum atomic E-state index is 11.9. The fourth-order valence-electron chi connectivity index (χ4n) is 2.09. The molecule has 0 radical (unpaired) electrons. The number of rotatable bonds is 5. The number of nitrogens with zero attached hydrogens (tertiary/aromatic N) is 1. The van der Waals surface area contributed by atoms with Crippen LogP contribution < -0.4 is 10.6 Å². The molecule has 1 heterocycles. The highest BCUT2D eigenvalue weighted by Gasteiger charge is 2.10. The van der Waals surface area contributed by atoms with Crippen molar-refractivity contribution in [2.45, 2.75) is 0 Å². The number of carbonyl (C=O) groups is 2. The van der Waals surface area contributed by atoms with Gasteiger partial charge in [0.15, 0.2) is 5.13 Å². The van der Waals surface area contributed by atoms with Crippen molar-refractivity contribution in [3.8, 4) is 11.3 Å². The van der Waals surface area contributed by atoms with Crippen LogP contribution in [0.1, 0.15) is 10.4 Å².